The molecule has 0 unspecified atom stereocenters. The third-order valence-electron chi connectivity index (χ3n) is 2.22. The predicted octanol–water partition coefficient (Wildman–Crippen LogP) is 0.906. The molecule has 0 atom stereocenters. The number of aromatic nitrogens is 2. The highest BCUT2D eigenvalue weighted by molar-refractivity contribution is 5.30. The van der Waals surface area contributed by atoms with E-state index in [1.807, 2.05) is 6.07 Å². The zero-order chi connectivity index (χ0) is 10.5. The first kappa shape index (κ1) is 9.87. The van der Waals surface area contributed by atoms with E-state index in [9.17, 15) is 0 Å². The molecule has 1 aliphatic rings. The van der Waals surface area contributed by atoms with Crippen LogP contribution in [0.5, 0.6) is 5.88 Å². The Kier molecular flexibility index (Phi) is 3.10. The van der Waals surface area contributed by atoms with Gasteiger partial charge >= 0.3 is 0 Å². The van der Waals surface area contributed by atoms with Gasteiger partial charge in [0.2, 0.25) is 5.69 Å². The highest BCUT2D eigenvalue weighted by atomic mass is 16.5. The van der Waals surface area contributed by atoms with Crippen LogP contribution in [-0.2, 0) is 4.74 Å². The first-order valence-corrected chi connectivity index (χ1v) is 4.85. The van der Waals surface area contributed by atoms with Crippen molar-refractivity contribution in [2.45, 2.75) is 18.9 Å². The molecular formula is C10H11N3O2. The van der Waals surface area contributed by atoms with Gasteiger partial charge in [-0.1, -0.05) is 0 Å². The molecule has 0 saturated carbocycles. The Morgan fingerprint density at radius 3 is 2.80 bits per heavy atom. The second kappa shape index (κ2) is 4.71. The van der Waals surface area contributed by atoms with Gasteiger partial charge in [0.05, 0.1) is 13.2 Å². The Balaban J connectivity index is 2.06. The van der Waals surface area contributed by atoms with E-state index in [4.69, 9.17) is 14.7 Å². The molecule has 1 aromatic heterocycles. The summed E-state index contributed by atoms with van der Waals surface area (Å²) in [6.45, 7) is 1.40. The van der Waals surface area contributed by atoms with E-state index in [0.29, 0.717) is 19.1 Å². The van der Waals surface area contributed by atoms with Gasteiger partial charge in [0, 0.05) is 25.2 Å². The van der Waals surface area contributed by atoms with E-state index >= 15 is 0 Å². The summed E-state index contributed by atoms with van der Waals surface area (Å²) in [6.07, 6.45) is 4.76. The Labute approximate surface area is 87.7 Å². The van der Waals surface area contributed by atoms with Crippen LogP contribution in [0.25, 0.3) is 0 Å². The van der Waals surface area contributed by atoms with Crippen LogP contribution in [0.2, 0.25) is 0 Å². The first-order chi connectivity index (χ1) is 7.40. The molecule has 1 aromatic rings. The molecule has 5 heteroatoms. The van der Waals surface area contributed by atoms with Crippen LogP contribution < -0.4 is 4.74 Å². The van der Waals surface area contributed by atoms with E-state index < -0.39 is 0 Å². The number of nitriles is 1. The van der Waals surface area contributed by atoms with Gasteiger partial charge in [-0.25, -0.2) is 9.97 Å². The van der Waals surface area contributed by atoms with Gasteiger partial charge in [-0.3, -0.25) is 0 Å². The minimum Gasteiger partial charge on any atom is -0.472 e. The summed E-state index contributed by atoms with van der Waals surface area (Å²) < 4.78 is 10.8. The summed E-state index contributed by atoms with van der Waals surface area (Å²) in [5.74, 6) is 0.326. The van der Waals surface area contributed by atoms with Gasteiger partial charge in [0.25, 0.3) is 5.88 Å². The smallest absolute Gasteiger partial charge is 0.251 e. The van der Waals surface area contributed by atoms with Crippen molar-refractivity contribution in [2.75, 3.05) is 13.2 Å². The Morgan fingerprint density at radius 1 is 1.33 bits per heavy atom. The minimum atomic E-state index is 0.0857. The zero-order valence-corrected chi connectivity index (χ0v) is 8.22. The fraction of sp³-hybridized carbons (Fsp3) is 0.500. The van der Waals surface area contributed by atoms with Gasteiger partial charge in [0.15, 0.2) is 0 Å². The van der Waals surface area contributed by atoms with Crippen LogP contribution in [0.1, 0.15) is 18.5 Å². The van der Waals surface area contributed by atoms with Crippen molar-refractivity contribution < 1.29 is 9.47 Å². The van der Waals surface area contributed by atoms with Crippen molar-refractivity contribution >= 4 is 0 Å². The summed E-state index contributed by atoms with van der Waals surface area (Å²) in [6, 6.07) is 1.96. The quantitative estimate of drug-likeness (QED) is 0.717. The molecule has 15 heavy (non-hydrogen) atoms. The number of hydrogen-bond acceptors (Lipinski definition) is 5. The van der Waals surface area contributed by atoms with Gasteiger partial charge in [0.1, 0.15) is 12.2 Å². The maximum atomic E-state index is 8.79. The Bertz CT molecular complexity index is 369. The summed E-state index contributed by atoms with van der Waals surface area (Å²) in [5, 5.41) is 8.79. The Morgan fingerprint density at radius 2 is 2.07 bits per heavy atom. The third kappa shape index (κ3) is 2.42. The molecule has 0 amide bonds. The molecule has 5 nitrogen and oxygen atoms in total. The highest BCUT2D eigenvalue weighted by Gasteiger charge is 2.17. The minimum absolute atomic E-state index is 0.0857. The molecule has 2 heterocycles. The van der Waals surface area contributed by atoms with Crippen molar-refractivity contribution in [3.63, 3.8) is 0 Å². The van der Waals surface area contributed by atoms with E-state index in [1.54, 1.807) is 0 Å². The van der Waals surface area contributed by atoms with Crippen LogP contribution in [0.15, 0.2) is 12.4 Å². The van der Waals surface area contributed by atoms with E-state index in [2.05, 4.69) is 9.97 Å². The molecule has 0 bridgehead atoms. The van der Waals surface area contributed by atoms with Crippen LogP contribution in [0.4, 0.5) is 0 Å². The topological polar surface area (TPSA) is 68.0 Å². The van der Waals surface area contributed by atoms with E-state index in [1.165, 1.54) is 12.4 Å². The Hall–Kier alpha value is -1.67. The third-order valence-corrected chi connectivity index (χ3v) is 2.22. The van der Waals surface area contributed by atoms with Crippen molar-refractivity contribution in [1.82, 2.24) is 9.97 Å². The van der Waals surface area contributed by atoms with E-state index in [0.717, 1.165) is 12.8 Å². The SMILES string of the molecule is N#Cc1nccnc1OC1CCOCC1. The maximum Gasteiger partial charge on any atom is 0.251 e. The fourth-order valence-corrected chi connectivity index (χ4v) is 1.44. The van der Waals surface area contributed by atoms with E-state index in [-0.39, 0.29) is 11.8 Å². The van der Waals surface area contributed by atoms with Gasteiger partial charge < -0.3 is 9.47 Å². The number of rotatable bonds is 2. The second-order valence-electron chi connectivity index (χ2n) is 3.25. The van der Waals surface area contributed by atoms with Gasteiger partial charge in [-0.05, 0) is 0 Å². The molecule has 0 radical (unpaired) electrons. The molecule has 0 spiro atoms. The van der Waals surface area contributed by atoms with Crippen molar-refractivity contribution in [3.05, 3.63) is 18.1 Å². The molecule has 1 fully saturated rings. The first-order valence-electron chi connectivity index (χ1n) is 4.85. The molecule has 0 aliphatic carbocycles. The number of hydrogen-bond donors (Lipinski definition) is 0. The molecule has 0 aromatic carbocycles. The lowest BCUT2D eigenvalue weighted by Crippen LogP contribution is -2.26. The molecule has 1 aliphatic heterocycles. The predicted molar refractivity (Wildman–Crippen MR) is 51.2 cm³/mol. The monoisotopic (exact) mass is 205 g/mol. The lowest BCUT2D eigenvalue weighted by Gasteiger charge is -2.22. The van der Waals surface area contributed by atoms with Crippen LogP contribution in [-0.4, -0.2) is 29.3 Å². The second-order valence-corrected chi connectivity index (χ2v) is 3.25. The fourth-order valence-electron chi connectivity index (χ4n) is 1.44. The maximum absolute atomic E-state index is 8.79. The lowest BCUT2D eigenvalue weighted by atomic mass is 10.1. The molecule has 0 N–H and O–H groups in total. The highest BCUT2D eigenvalue weighted by Crippen LogP contribution is 2.17. The van der Waals surface area contributed by atoms with Crippen LogP contribution in [0, 0.1) is 11.3 Å². The number of nitrogens with zero attached hydrogens (tertiary/aromatic N) is 3. The average Bonchev–Trinajstić information content (AvgIpc) is 2.31. The normalized spacial score (nSPS) is 17.0. The zero-order valence-electron chi connectivity index (χ0n) is 8.22. The lowest BCUT2D eigenvalue weighted by molar-refractivity contribution is 0.0234. The van der Waals surface area contributed by atoms with Crippen molar-refractivity contribution in [1.29, 1.82) is 5.26 Å². The standard InChI is InChI=1S/C10H11N3O2/c11-7-9-10(13-4-3-12-9)15-8-1-5-14-6-2-8/h3-4,8H,1-2,5-6H2. The van der Waals surface area contributed by atoms with Crippen molar-refractivity contribution in [2.24, 2.45) is 0 Å². The summed E-state index contributed by atoms with van der Waals surface area (Å²) in [7, 11) is 0. The van der Waals surface area contributed by atoms with Crippen molar-refractivity contribution in [3.8, 4) is 11.9 Å². The van der Waals surface area contributed by atoms with Gasteiger partial charge in [-0.15, -0.1) is 0 Å². The average molecular weight is 205 g/mol. The van der Waals surface area contributed by atoms with Crippen LogP contribution >= 0.6 is 0 Å². The molecular weight excluding hydrogens is 194 g/mol. The number of ether oxygens (including phenoxy) is 2. The van der Waals surface area contributed by atoms with Gasteiger partial charge in [-0.2, -0.15) is 5.26 Å². The summed E-state index contributed by atoms with van der Waals surface area (Å²) in [4.78, 5) is 7.88. The molecule has 1 saturated heterocycles. The molecule has 78 valence electrons. The largest absolute Gasteiger partial charge is 0.472 e. The van der Waals surface area contributed by atoms with Crippen LogP contribution in [0.3, 0.4) is 0 Å². The summed E-state index contributed by atoms with van der Waals surface area (Å²) in [5.41, 5.74) is 0.240. The summed E-state index contributed by atoms with van der Waals surface area (Å²) >= 11 is 0. The molecule has 2 rings (SSSR count).